The number of anilines is 1. The van der Waals surface area contributed by atoms with E-state index in [0.717, 1.165) is 54.7 Å². The number of benzene rings is 2. The summed E-state index contributed by atoms with van der Waals surface area (Å²) in [7, 11) is 1.72. The SMILES string of the molecule is CCN(CCCOc1ccc2c(c1)NC(=O)CC2)C[C@@H]1C[C@H]1c1cc(Cl)ccc1OC. The molecule has 1 aliphatic heterocycles. The Morgan fingerprint density at radius 1 is 1.19 bits per heavy atom. The lowest BCUT2D eigenvalue weighted by atomic mass is 10.0. The summed E-state index contributed by atoms with van der Waals surface area (Å²) >= 11 is 6.21. The van der Waals surface area contributed by atoms with Gasteiger partial charge in [0.2, 0.25) is 5.91 Å². The molecule has 0 saturated heterocycles. The number of aryl methyl sites for hydroxylation is 1. The van der Waals surface area contributed by atoms with E-state index in [0.29, 0.717) is 24.9 Å². The van der Waals surface area contributed by atoms with Crippen molar-refractivity contribution >= 4 is 23.2 Å². The smallest absolute Gasteiger partial charge is 0.224 e. The number of fused-ring (bicyclic) bond motifs is 1. The Kier molecular flexibility index (Phi) is 7.03. The molecule has 1 heterocycles. The fourth-order valence-electron chi connectivity index (χ4n) is 4.45. The minimum atomic E-state index is 0.0806. The summed E-state index contributed by atoms with van der Waals surface area (Å²) in [6.07, 6.45) is 3.52. The van der Waals surface area contributed by atoms with Gasteiger partial charge < -0.3 is 19.7 Å². The highest BCUT2D eigenvalue weighted by Gasteiger charge is 2.40. The number of nitrogens with one attached hydrogen (secondary N) is 1. The molecule has 4 rings (SSSR count). The lowest BCUT2D eigenvalue weighted by molar-refractivity contribution is -0.116. The first-order chi connectivity index (χ1) is 15.1. The van der Waals surface area contributed by atoms with Crippen LogP contribution in [0.3, 0.4) is 0 Å². The molecule has 0 radical (unpaired) electrons. The number of carbonyl (C=O) groups excluding carboxylic acids is 1. The zero-order valence-corrected chi connectivity index (χ0v) is 19.1. The largest absolute Gasteiger partial charge is 0.496 e. The third-order valence-corrected chi connectivity index (χ3v) is 6.55. The predicted octanol–water partition coefficient (Wildman–Crippen LogP) is 5.13. The van der Waals surface area contributed by atoms with Crippen LogP contribution in [0.4, 0.5) is 5.69 Å². The number of hydrogen-bond acceptors (Lipinski definition) is 4. The molecule has 2 aromatic rings. The van der Waals surface area contributed by atoms with Gasteiger partial charge in [-0.2, -0.15) is 0 Å². The average molecular weight is 443 g/mol. The molecule has 2 aromatic carbocycles. The first kappa shape index (κ1) is 22.0. The number of rotatable bonds is 10. The van der Waals surface area contributed by atoms with E-state index in [9.17, 15) is 4.79 Å². The summed E-state index contributed by atoms with van der Waals surface area (Å²) in [5.74, 6) is 3.02. The van der Waals surface area contributed by atoms with Gasteiger partial charge in [-0.15, -0.1) is 0 Å². The zero-order valence-electron chi connectivity index (χ0n) is 18.3. The van der Waals surface area contributed by atoms with Crippen LogP contribution in [0.5, 0.6) is 11.5 Å². The van der Waals surface area contributed by atoms with Gasteiger partial charge in [0.25, 0.3) is 0 Å². The highest BCUT2D eigenvalue weighted by atomic mass is 35.5. The van der Waals surface area contributed by atoms with Gasteiger partial charge in [-0.25, -0.2) is 0 Å². The molecule has 31 heavy (non-hydrogen) atoms. The van der Waals surface area contributed by atoms with Gasteiger partial charge in [-0.05, 0) is 73.0 Å². The van der Waals surface area contributed by atoms with Gasteiger partial charge in [-0.1, -0.05) is 24.6 Å². The summed E-state index contributed by atoms with van der Waals surface area (Å²) in [6, 6.07) is 11.9. The minimum absolute atomic E-state index is 0.0806. The van der Waals surface area contributed by atoms with Crippen LogP contribution in [-0.2, 0) is 11.2 Å². The van der Waals surface area contributed by atoms with Crippen LogP contribution in [0.1, 0.15) is 43.2 Å². The van der Waals surface area contributed by atoms with E-state index >= 15 is 0 Å². The Hall–Kier alpha value is -2.24. The summed E-state index contributed by atoms with van der Waals surface area (Å²) in [5.41, 5.74) is 3.30. The van der Waals surface area contributed by atoms with E-state index in [-0.39, 0.29) is 5.91 Å². The number of amides is 1. The summed E-state index contributed by atoms with van der Waals surface area (Å²) in [6.45, 7) is 6.00. The van der Waals surface area contributed by atoms with Gasteiger partial charge in [0, 0.05) is 36.3 Å². The molecule has 2 atom stereocenters. The maximum Gasteiger partial charge on any atom is 0.224 e. The van der Waals surface area contributed by atoms with Gasteiger partial charge in [0.1, 0.15) is 11.5 Å². The molecule has 1 amide bonds. The zero-order chi connectivity index (χ0) is 21.8. The molecule has 5 nitrogen and oxygen atoms in total. The van der Waals surface area contributed by atoms with Crippen LogP contribution in [0.25, 0.3) is 0 Å². The second-order valence-corrected chi connectivity index (χ2v) is 8.89. The first-order valence-corrected chi connectivity index (χ1v) is 11.6. The van der Waals surface area contributed by atoms with Crippen molar-refractivity contribution in [3.8, 4) is 11.5 Å². The Morgan fingerprint density at radius 3 is 2.87 bits per heavy atom. The van der Waals surface area contributed by atoms with E-state index in [1.54, 1.807) is 7.11 Å². The molecule has 2 aliphatic rings. The molecule has 6 heteroatoms. The molecule has 1 saturated carbocycles. The molecule has 0 bridgehead atoms. The van der Waals surface area contributed by atoms with Crippen molar-refractivity contribution in [2.75, 3.05) is 38.7 Å². The van der Waals surface area contributed by atoms with Crippen molar-refractivity contribution in [1.82, 2.24) is 4.90 Å². The maximum absolute atomic E-state index is 11.6. The van der Waals surface area contributed by atoms with Crippen molar-refractivity contribution in [2.24, 2.45) is 5.92 Å². The monoisotopic (exact) mass is 442 g/mol. The molecular weight excluding hydrogens is 412 g/mol. The topological polar surface area (TPSA) is 50.8 Å². The summed E-state index contributed by atoms with van der Waals surface area (Å²) in [5, 5.41) is 3.70. The van der Waals surface area contributed by atoms with Crippen LogP contribution in [-0.4, -0.2) is 44.2 Å². The quantitative estimate of drug-likeness (QED) is 0.518. The highest BCUT2D eigenvalue weighted by Crippen LogP contribution is 2.51. The van der Waals surface area contributed by atoms with E-state index in [1.807, 2.05) is 24.3 Å². The molecule has 0 spiro atoms. The second kappa shape index (κ2) is 9.92. The maximum atomic E-state index is 11.6. The number of methoxy groups -OCH3 is 1. The first-order valence-electron chi connectivity index (χ1n) is 11.2. The third-order valence-electron chi connectivity index (χ3n) is 6.32. The number of ether oxygens (including phenoxy) is 2. The second-order valence-electron chi connectivity index (χ2n) is 8.45. The van der Waals surface area contributed by atoms with Gasteiger partial charge in [-0.3, -0.25) is 4.79 Å². The number of halogens is 1. The van der Waals surface area contributed by atoms with Gasteiger partial charge in [0.05, 0.1) is 13.7 Å². The minimum Gasteiger partial charge on any atom is -0.496 e. The highest BCUT2D eigenvalue weighted by molar-refractivity contribution is 6.30. The number of nitrogens with zero attached hydrogens (tertiary/aromatic N) is 1. The predicted molar refractivity (Wildman–Crippen MR) is 124 cm³/mol. The number of hydrogen-bond donors (Lipinski definition) is 1. The van der Waals surface area contributed by atoms with Crippen molar-refractivity contribution in [3.05, 3.63) is 52.5 Å². The van der Waals surface area contributed by atoms with E-state index in [1.165, 1.54) is 17.5 Å². The molecule has 1 aliphatic carbocycles. The normalized spacial score (nSPS) is 19.7. The van der Waals surface area contributed by atoms with Crippen LogP contribution in [0.15, 0.2) is 36.4 Å². The van der Waals surface area contributed by atoms with E-state index in [4.69, 9.17) is 21.1 Å². The van der Waals surface area contributed by atoms with Crippen molar-refractivity contribution in [1.29, 1.82) is 0 Å². The third kappa shape index (κ3) is 5.52. The van der Waals surface area contributed by atoms with Crippen LogP contribution in [0, 0.1) is 5.92 Å². The van der Waals surface area contributed by atoms with Crippen molar-refractivity contribution < 1.29 is 14.3 Å². The van der Waals surface area contributed by atoms with Gasteiger partial charge >= 0.3 is 0 Å². The Balaban J connectivity index is 1.23. The summed E-state index contributed by atoms with van der Waals surface area (Å²) < 4.78 is 11.5. The summed E-state index contributed by atoms with van der Waals surface area (Å²) in [4.78, 5) is 14.1. The Labute approximate surface area is 189 Å². The molecule has 1 fully saturated rings. The molecule has 0 unspecified atom stereocenters. The fourth-order valence-corrected chi connectivity index (χ4v) is 4.63. The molecule has 1 N–H and O–H groups in total. The standard InChI is InChI=1S/C25H31ClN2O3/c1-3-28(16-18-13-21(18)22-14-19(26)7-9-24(22)30-2)11-4-12-31-20-8-5-17-6-10-25(29)27-23(17)15-20/h5,7-9,14-15,18,21H,3-4,6,10-13,16H2,1-2H3,(H,27,29)/t18-,21+/m0/s1. The Bertz CT molecular complexity index is 933. The average Bonchev–Trinajstić information content (AvgIpc) is 3.54. The fraction of sp³-hybridized carbons (Fsp3) is 0.480. The molecule has 0 aromatic heterocycles. The van der Waals surface area contributed by atoms with E-state index in [2.05, 4.69) is 29.3 Å². The lowest BCUT2D eigenvalue weighted by Crippen LogP contribution is -2.28. The van der Waals surface area contributed by atoms with Crippen LogP contribution >= 0.6 is 11.6 Å². The molecular formula is C25H31ClN2O3. The van der Waals surface area contributed by atoms with Gasteiger partial charge in [0.15, 0.2) is 0 Å². The number of carbonyl (C=O) groups is 1. The van der Waals surface area contributed by atoms with Crippen molar-refractivity contribution in [2.45, 2.75) is 38.5 Å². The van der Waals surface area contributed by atoms with Crippen LogP contribution < -0.4 is 14.8 Å². The molecule has 166 valence electrons. The van der Waals surface area contributed by atoms with E-state index < -0.39 is 0 Å². The lowest BCUT2D eigenvalue weighted by Gasteiger charge is -2.21. The Morgan fingerprint density at radius 2 is 2.06 bits per heavy atom. The van der Waals surface area contributed by atoms with Crippen LogP contribution in [0.2, 0.25) is 5.02 Å². The van der Waals surface area contributed by atoms with Crippen molar-refractivity contribution in [3.63, 3.8) is 0 Å².